The van der Waals surface area contributed by atoms with E-state index in [0.29, 0.717) is 0 Å². The number of rotatable bonds is 7. The van der Waals surface area contributed by atoms with E-state index >= 15 is 0 Å². The van der Waals surface area contributed by atoms with Crippen molar-refractivity contribution in [3.63, 3.8) is 0 Å². The molecule has 0 aromatic heterocycles. The molecule has 2 N–H and O–H groups in total. The zero-order chi connectivity index (χ0) is 11.4. The quantitative estimate of drug-likeness (QED) is 0.294. The standard InChI is InChI=1S/C12H21NO2/c1-2-3-4-5-6-7-8-9-10-11-12(14)13-15/h15H,2-9H2,1H3,(H,13,14). The third-order valence-corrected chi connectivity index (χ3v) is 2.21. The molecular formula is C12H21NO2. The molecule has 0 aliphatic carbocycles. The van der Waals surface area contributed by atoms with Gasteiger partial charge in [-0.05, 0) is 12.3 Å². The lowest BCUT2D eigenvalue weighted by Crippen LogP contribution is -2.15. The number of nitrogens with one attached hydrogen (secondary N) is 1. The molecular weight excluding hydrogens is 190 g/mol. The van der Waals surface area contributed by atoms with E-state index in [1.54, 1.807) is 0 Å². The molecule has 0 bridgehead atoms. The van der Waals surface area contributed by atoms with Crippen LogP contribution in [-0.2, 0) is 4.79 Å². The van der Waals surface area contributed by atoms with Crippen LogP contribution in [0.1, 0.15) is 58.3 Å². The molecule has 0 rings (SSSR count). The Hall–Kier alpha value is -1.01. The summed E-state index contributed by atoms with van der Waals surface area (Å²) in [5.41, 5.74) is 1.48. The molecule has 0 radical (unpaired) electrons. The lowest BCUT2D eigenvalue weighted by molar-refractivity contribution is -0.123. The van der Waals surface area contributed by atoms with Gasteiger partial charge in [-0.25, -0.2) is 5.48 Å². The van der Waals surface area contributed by atoms with Gasteiger partial charge in [0.05, 0.1) is 0 Å². The molecule has 0 aromatic rings. The van der Waals surface area contributed by atoms with Gasteiger partial charge in [-0.1, -0.05) is 51.4 Å². The van der Waals surface area contributed by atoms with Crippen LogP contribution in [0, 0.1) is 11.8 Å². The predicted octanol–water partition coefficient (Wildman–Crippen LogP) is 2.64. The number of carbonyl (C=O) groups excluding carboxylic acids is 1. The molecule has 0 saturated carbocycles. The van der Waals surface area contributed by atoms with Crippen LogP contribution in [0.2, 0.25) is 0 Å². The van der Waals surface area contributed by atoms with E-state index < -0.39 is 5.91 Å². The highest BCUT2D eigenvalue weighted by Gasteiger charge is 1.90. The van der Waals surface area contributed by atoms with Gasteiger partial charge < -0.3 is 0 Å². The summed E-state index contributed by atoms with van der Waals surface area (Å²) in [4.78, 5) is 10.5. The Bertz CT molecular complexity index is 215. The van der Waals surface area contributed by atoms with Crippen LogP contribution in [0.15, 0.2) is 0 Å². The van der Waals surface area contributed by atoms with Crippen molar-refractivity contribution in [3.8, 4) is 11.8 Å². The first kappa shape index (κ1) is 14.0. The highest BCUT2D eigenvalue weighted by Crippen LogP contribution is 2.07. The van der Waals surface area contributed by atoms with Gasteiger partial charge in [0.15, 0.2) is 0 Å². The molecule has 0 saturated heterocycles. The summed E-state index contributed by atoms with van der Waals surface area (Å²) in [5, 5.41) is 8.16. The van der Waals surface area contributed by atoms with Crippen molar-refractivity contribution in [3.05, 3.63) is 0 Å². The Morgan fingerprint density at radius 2 is 1.73 bits per heavy atom. The summed E-state index contributed by atoms with van der Waals surface area (Å²) in [6.07, 6.45) is 9.46. The summed E-state index contributed by atoms with van der Waals surface area (Å²) >= 11 is 0. The monoisotopic (exact) mass is 211 g/mol. The fourth-order valence-corrected chi connectivity index (χ4v) is 1.34. The molecule has 0 atom stereocenters. The van der Waals surface area contributed by atoms with E-state index in [0.717, 1.165) is 12.8 Å². The van der Waals surface area contributed by atoms with Gasteiger partial charge in [0.2, 0.25) is 0 Å². The molecule has 0 spiro atoms. The Morgan fingerprint density at radius 1 is 1.13 bits per heavy atom. The predicted molar refractivity (Wildman–Crippen MR) is 60.3 cm³/mol. The van der Waals surface area contributed by atoms with Crippen molar-refractivity contribution in [2.75, 3.05) is 0 Å². The van der Waals surface area contributed by atoms with Crippen LogP contribution in [0.25, 0.3) is 0 Å². The molecule has 3 nitrogen and oxygen atoms in total. The SMILES string of the molecule is CCCCCCCCCC#CC(=O)NO. The van der Waals surface area contributed by atoms with Crippen molar-refractivity contribution in [2.45, 2.75) is 58.3 Å². The maximum absolute atomic E-state index is 10.5. The topological polar surface area (TPSA) is 49.3 Å². The second-order valence-corrected chi connectivity index (χ2v) is 3.61. The van der Waals surface area contributed by atoms with Crippen molar-refractivity contribution in [1.82, 2.24) is 5.48 Å². The van der Waals surface area contributed by atoms with Crippen molar-refractivity contribution in [1.29, 1.82) is 0 Å². The largest absolute Gasteiger partial charge is 0.319 e. The molecule has 15 heavy (non-hydrogen) atoms. The minimum Gasteiger partial charge on any atom is -0.288 e. The number of hydrogen-bond acceptors (Lipinski definition) is 2. The van der Waals surface area contributed by atoms with Crippen LogP contribution in [0.3, 0.4) is 0 Å². The van der Waals surface area contributed by atoms with Crippen LogP contribution >= 0.6 is 0 Å². The zero-order valence-electron chi connectivity index (χ0n) is 9.51. The maximum atomic E-state index is 10.5. The van der Waals surface area contributed by atoms with Crippen molar-refractivity contribution < 1.29 is 10.0 Å². The van der Waals surface area contributed by atoms with E-state index in [1.165, 1.54) is 44.0 Å². The lowest BCUT2D eigenvalue weighted by Gasteiger charge is -1.97. The van der Waals surface area contributed by atoms with Crippen LogP contribution < -0.4 is 5.48 Å². The zero-order valence-corrected chi connectivity index (χ0v) is 9.51. The van der Waals surface area contributed by atoms with Gasteiger partial charge in [0.1, 0.15) is 0 Å². The fraction of sp³-hybridized carbons (Fsp3) is 0.750. The minimum atomic E-state index is -0.627. The highest BCUT2D eigenvalue weighted by molar-refractivity contribution is 5.92. The normalized spacial score (nSPS) is 9.20. The summed E-state index contributed by atoms with van der Waals surface area (Å²) in [7, 11) is 0. The van der Waals surface area contributed by atoms with E-state index in [-0.39, 0.29) is 0 Å². The number of carbonyl (C=O) groups is 1. The molecule has 0 fully saturated rings. The van der Waals surface area contributed by atoms with Gasteiger partial charge >= 0.3 is 5.91 Å². The summed E-state index contributed by atoms with van der Waals surface area (Å²) in [6, 6.07) is 0. The number of amides is 1. The fourth-order valence-electron chi connectivity index (χ4n) is 1.34. The van der Waals surface area contributed by atoms with Crippen LogP contribution in [0.4, 0.5) is 0 Å². The van der Waals surface area contributed by atoms with Crippen molar-refractivity contribution in [2.24, 2.45) is 0 Å². The summed E-state index contributed by atoms with van der Waals surface area (Å²) in [5.74, 6) is 4.38. The van der Waals surface area contributed by atoms with Gasteiger partial charge in [-0.2, -0.15) is 0 Å². The van der Waals surface area contributed by atoms with E-state index in [4.69, 9.17) is 5.21 Å². The number of hydroxylamine groups is 1. The Labute approximate surface area is 92.2 Å². The second-order valence-electron chi connectivity index (χ2n) is 3.61. The van der Waals surface area contributed by atoms with Crippen molar-refractivity contribution >= 4 is 5.91 Å². The summed E-state index contributed by atoms with van der Waals surface area (Å²) < 4.78 is 0. The average molecular weight is 211 g/mol. The molecule has 0 aliphatic rings. The third kappa shape index (κ3) is 10.9. The molecule has 0 aliphatic heterocycles. The Morgan fingerprint density at radius 3 is 2.33 bits per heavy atom. The molecule has 0 unspecified atom stereocenters. The second kappa shape index (κ2) is 11.1. The average Bonchev–Trinajstić information content (AvgIpc) is 2.26. The maximum Gasteiger partial charge on any atom is 0.319 e. The van der Waals surface area contributed by atoms with E-state index in [9.17, 15) is 4.79 Å². The molecule has 0 heterocycles. The summed E-state index contributed by atoms with van der Waals surface area (Å²) in [6.45, 7) is 2.21. The van der Waals surface area contributed by atoms with Gasteiger partial charge in [0, 0.05) is 6.42 Å². The van der Waals surface area contributed by atoms with Crippen LogP contribution in [-0.4, -0.2) is 11.1 Å². The van der Waals surface area contributed by atoms with E-state index in [1.807, 2.05) is 0 Å². The molecule has 0 aromatic carbocycles. The van der Waals surface area contributed by atoms with Gasteiger partial charge in [-0.3, -0.25) is 10.0 Å². The van der Waals surface area contributed by atoms with E-state index in [2.05, 4.69) is 18.8 Å². The number of unbranched alkanes of at least 4 members (excludes halogenated alkanes) is 7. The Kier molecular flexibility index (Phi) is 10.3. The van der Waals surface area contributed by atoms with Crippen LogP contribution in [0.5, 0.6) is 0 Å². The third-order valence-electron chi connectivity index (χ3n) is 2.21. The molecule has 3 heteroatoms. The number of hydrogen-bond donors (Lipinski definition) is 2. The first-order valence-corrected chi connectivity index (χ1v) is 5.74. The lowest BCUT2D eigenvalue weighted by atomic mass is 10.1. The van der Waals surface area contributed by atoms with Gasteiger partial charge in [-0.15, -0.1) is 0 Å². The first-order chi connectivity index (χ1) is 7.31. The smallest absolute Gasteiger partial charge is 0.288 e. The minimum absolute atomic E-state index is 0.627. The highest BCUT2D eigenvalue weighted by atomic mass is 16.5. The Balaban J connectivity index is 3.16. The molecule has 1 amide bonds. The van der Waals surface area contributed by atoms with Gasteiger partial charge in [0.25, 0.3) is 0 Å². The first-order valence-electron chi connectivity index (χ1n) is 5.74. The molecule has 86 valence electrons.